The Morgan fingerprint density at radius 1 is 0.403 bits per heavy atom. The number of ether oxygens (including phenoxy) is 2. The van der Waals surface area contributed by atoms with E-state index in [1.54, 1.807) is 0 Å². The van der Waals surface area contributed by atoms with Crippen molar-refractivity contribution in [2.75, 3.05) is 13.2 Å². The van der Waals surface area contributed by atoms with Gasteiger partial charge < -0.3 is 9.47 Å². The van der Waals surface area contributed by atoms with Crippen molar-refractivity contribution in [3.8, 4) is 0 Å². The summed E-state index contributed by atoms with van der Waals surface area (Å²) in [6, 6.07) is 0. The number of carbonyl (C=O) groups excluding carboxylic acids is 2. The molecule has 62 heavy (non-hydrogen) atoms. The summed E-state index contributed by atoms with van der Waals surface area (Å²) in [5.41, 5.74) is 0. The van der Waals surface area contributed by atoms with Crippen LogP contribution in [0.4, 0.5) is 140 Å². The molecule has 0 radical (unpaired) electrons. The number of hydrogen-bond acceptors (Lipinski definition) is 6. The van der Waals surface area contributed by atoms with Gasteiger partial charge in [0.1, 0.15) is 0 Å². The van der Waals surface area contributed by atoms with Gasteiger partial charge in [-0.15, -0.1) is 0 Å². The molecule has 0 aliphatic rings. The molecule has 0 spiro atoms. The van der Waals surface area contributed by atoms with Crippen LogP contribution in [0, 0.1) is 0 Å². The van der Waals surface area contributed by atoms with E-state index >= 15 is 0 Å². The predicted molar refractivity (Wildman–Crippen MR) is 123 cm³/mol. The minimum Gasteiger partial charge on any atom is -0.459 e. The molecule has 0 bridgehead atoms. The molecule has 1 unspecified atom stereocenters. The molecule has 0 heterocycles. The summed E-state index contributed by atoms with van der Waals surface area (Å²) in [5.74, 6) is -126. The third-order valence-electron chi connectivity index (χ3n) is 7.24. The molecule has 0 saturated carbocycles. The number of esters is 2. The maximum atomic E-state index is 14.0. The molecule has 0 aromatic heterocycles. The second-order valence-electron chi connectivity index (χ2n) is 11.5. The third kappa shape index (κ3) is 8.61. The minimum atomic E-state index is -9.05. The quantitative estimate of drug-likeness (QED) is 0.0656. The van der Waals surface area contributed by atoms with Crippen molar-refractivity contribution in [2.24, 2.45) is 0 Å². The lowest BCUT2D eigenvalue weighted by Crippen LogP contribution is -2.74. The average molecular weight is 1030 g/mol. The fourth-order valence-corrected chi connectivity index (χ4v) is 4.12. The maximum absolute atomic E-state index is 14.0. The summed E-state index contributed by atoms with van der Waals surface area (Å²) in [6.07, 6.45) is -15.6. The highest BCUT2D eigenvalue weighted by Crippen LogP contribution is 2.64. The van der Waals surface area contributed by atoms with Crippen LogP contribution in [-0.2, 0) is 29.2 Å². The van der Waals surface area contributed by atoms with E-state index in [0.717, 1.165) is 0 Å². The van der Waals surface area contributed by atoms with Gasteiger partial charge in [-0.1, -0.05) is 0 Å². The summed E-state index contributed by atoms with van der Waals surface area (Å²) in [7, 11) is -6.86. The van der Waals surface area contributed by atoms with Crippen molar-refractivity contribution < 1.29 is 173 Å². The summed E-state index contributed by atoms with van der Waals surface area (Å²) in [5, 5.41) is -4.42. The SMILES string of the molecule is O=C(CC(C(=O)OCC(F)(F)C(F)(F)C(F)(F)C(F)(F)C(F)(F)C(F)(F)C(F)(F)C(F)F)S(=O)(=O)O)OCC(F)(F)C(F)(F)C(F)(F)C(F)(F)C(F)(F)C(F)(F)C(F)(F)C(F)F. The molecular weight excluding hydrogens is 1020 g/mol. The maximum Gasteiger partial charge on any atom is 0.385 e. The van der Waals surface area contributed by atoms with E-state index < -0.39 is 143 Å². The van der Waals surface area contributed by atoms with Gasteiger partial charge in [0.25, 0.3) is 10.1 Å². The first-order chi connectivity index (χ1) is 26.5. The molecule has 0 fully saturated rings. The highest BCUT2D eigenvalue weighted by molar-refractivity contribution is 7.87. The summed E-state index contributed by atoms with van der Waals surface area (Å²) in [4.78, 5) is 23.4. The second-order valence-corrected chi connectivity index (χ2v) is 13.1. The fourth-order valence-electron chi connectivity index (χ4n) is 3.46. The van der Waals surface area contributed by atoms with Gasteiger partial charge in [-0.3, -0.25) is 14.1 Å². The van der Waals surface area contributed by atoms with Crippen molar-refractivity contribution >= 4 is 22.1 Å². The van der Waals surface area contributed by atoms with Gasteiger partial charge in [-0.2, -0.15) is 131 Å². The fraction of sp³-hybridized carbons (Fsp3) is 0.909. The molecular formula is C22H10F32O7S. The molecule has 370 valence electrons. The first kappa shape index (κ1) is 58.6. The van der Waals surface area contributed by atoms with Crippen LogP contribution >= 0.6 is 0 Å². The second kappa shape index (κ2) is 16.2. The lowest BCUT2D eigenvalue weighted by molar-refractivity contribution is -0.447. The zero-order valence-corrected chi connectivity index (χ0v) is 28.1. The molecule has 0 aliphatic heterocycles. The van der Waals surface area contributed by atoms with Crippen LogP contribution in [0.25, 0.3) is 0 Å². The molecule has 0 amide bonds. The van der Waals surface area contributed by atoms with Crippen LogP contribution in [-0.4, -0.2) is 139 Å². The van der Waals surface area contributed by atoms with E-state index in [-0.39, 0.29) is 0 Å². The Hall–Kier alpha value is -3.39. The average Bonchev–Trinajstić information content (AvgIpc) is 3.06. The van der Waals surface area contributed by atoms with Gasteiger partial charge in [0.05, 0.1) is 6.42 Å². The molecule has 0 saturated heterocycles. The Labute approximate surface area is 316 Å². The van der Waals surface area contributed by atoms with Crippen LogP contribution in [0.15, 0.2) is 0 Å². The molecule has 0 aromatic carbocycles. The van der Waals surface area contributed by atoms with Gasteiger partial charge in [0, 0.05) is 0 Å². The number of rotatable bonds is 22. The Morgan fingerprint density at radius 2 is 0.629 bits per heavy atom. The smallest absolute Gasteiger partial charge is 0.385 e. The lowest BCUT2D eigenvalue weighted by atomic mass is 9.89. The standard InChI is InChI=1S/C22H10F32O7S/c23-7(24)11(31,32)15(39,40)19(47,48)21(51,52)17(43,44)13(35,36)9(27,28)2-60-5(55)1-4(62(57,58)59)6(56)61-3-10(29,30)14(37,38)18(45,46)22(53,54)20(49,50)16(41,42)12(33,34)8(25)26/h4,7-8H,1-3H2,(H,57,58,59). The number of halogens is 32. The Bertz CT molecular complexity index is 1740. The van der Waals surface area contributed by atoms with Gasteiger partial charge in [0.15, 0.2) is 18.5 Å². The zero-order chi connectivity index (χ0) is 50.9. The molecule has 7 nitrogen and oxygen atoms in total. The lowest BCUT2D eigenvalue weighted by Gasteiger charge is -2.42. The molecule has 1 N–H and O–H groups in total. The van der Waals surface area contributed by atoms with E-state index in [0.29, 0.717) is 0 Å². The normalized spacial score (nSPS) is 16.5. The Kier molecular flexibility index (Phi) is 15.4. The summed E-state index contributed by atoms with van der Waals surface area (Å²) < 4.78 is 465. The van der Waals surface area contributed by atoms with E-state index in [1.165, 1.54) is 0 Å². The molecule has 0 aromatic rings. The van der Waals surface area contributed by atoms with Crippen LogP contribution in [0.3, 0.4) is 0 Å². The van der Waals surface area contributed by atoms with Crippen molar-refractivity contribution in [3.63, 3.8) is 0 Å². The minimum absolute atomic E-state index is 2.78. The first-order valence-corrected chi connectivity index (χ1v) is 15.1. The topological polar surface area (TPSA) is 107 Å². The van der Waals surface area contributed by atoms with Gasteiger partial charge in [-0.25, -0.2) is 17.6 Å². The van der Waals surface area contributed by atoms with Crippen LogP contribution in [0.1, 0.15) is 6.42 Å². The number of alkyl halides is 32. The van der Waals surface area contributed by atoms with Gasteiger partial charge >= 0.3 is 108 Å². The Balaban J connectivity index is 6.57. The monoisotopic (exact) mass is 1030 g/mol. The van der Waals surface area contributed by atoms with Crippen LogP contribution in [0.2, 0.25) is 0 Å². The van der Waals surface area contributed by atoms with E-state index in [9.17, 15) is 159 Å². The molecule has 40 heteroatoms. The van der Waals surface area contributed by atoms with Crippen molar-refractivity contribution in [2.45, 2.75) is 107 Å². The molecule has 1 atom stereocenters. The van der Waals surface area contributed by atoms with Crippen LogP contribution in [0.5, 0.6) is 0 Å². The zero-order valence-electron chi connectivity index (χ0n) is 27.3. The van der Waals surface area contributed by atoms with Crippen molar-refractivity contribution in [1.29, 1.82) is 0 Å². The predicted octanol–water partition coefficient (Wildman–Crippen LogP) is 9.14. The highest BCUT2D eigenvalue weighted by atomic mass is 32.2. The summed E-state index contributed by atoms with van der Waals surface area (Å²) >= 11 is 0. The van der Waals surface area contributed by atoms with Gasteiger partial charge in [-0.05, 0) is 0 Å². The van der Waals surface area contributed by atoms with Crippen molar-refractivity contribution in [3.05, 3.63) is 0 Å². The third-order valence-corrected chi connectivity index (χ3v) is 8.32. The van der Waals surface area contributed by atoms with Crippen molar-refractivity contribution in [1.82, 2.24) is 0 Å². The van der Waals surface area contributed by atoms with Gasteiger partial charge in [0.2, 0.25) is 0 Å². The highest BCUT2D eigenvalue weighted by Gasteiger charge is 2.95. The molecule has 0 rings (SSSR count). The molecule has 0 aliphatic carbocycles. The van der Waals surface area contributed by atoms with E-state index in [2.05, 4.69) is 9.47 Å². The Morgan fingerprint density at radius 3 is 0.871 bits per heavy atom. The number of hydrogen-bond donors (Lipinski definition) is 1. The largest absolute Gasteiger partial charge is 0.459 e. The first-order valence-electron chi connectivity index (χ1n) is 13.6. The van der Waals surface area contributed by atoms with Crippen LogP contribution < -0.4 is 0 Å². The summed E-state index contributed by atoms with van der Waals surface area (Å²) in [6.45, 7) is -8.48. The number of carbonyl (C=O) groups is 2. The van der Waals surface area contributed by atoms with E-state index in [4.69, 9.17) is 4.55 Å². The van der Waals surface area contributed by atoms with E-state index in [1.807, 2.05) is 0 Å².